The van der Waals surface area contributed by atoms with E-state index < -0.39 is 17.7 Å². The first-order valence-corrected chi connectivity index (χ1v) is 4.67. The third-order valence-electron chi connectivity index (χ3n) is 2.94. The predicted molar refractivity (Wildman–Crippen MR) is 48.1 cm³/mol. The Morgan fingerprint density at radius 1 is 1.36 bits per heavy atom. The zero-order chi connectivity index (χ0) is 10.3. The van der Waals surface area contributed by atoms with Crippen molar-refractivity contribution in [2.24, 2.45) is 0 Å². The summed E-state index contributed by atoms with van der Waals surface area (Å²) in [7, 11) is 0. The van der Waals surface area contributed by atoms with Crippen molar-refractivity contribution >= 4 is 0 Å². The fourth-order valence-corrected chi connectivity index (χ4v) is 2.01. The van der Waals surface area contributed by atoms with Gasteiger partial charge in [0.25, 0.3) is 5.92 Å². The second kappa shape index (κ2) is 3.01. The van der Waals surface area contributed by atoms with Crippen LogP contribution in [-0.2, 0) is 6.42 Å². The molecular weight excluding hydrogens is 189 g/mol. The maximum atomic E-state index is 13.3. The number of hydrogen-bond acceptors (Lipinski definition) is 0. The third-order valence-corrected chi connectivity index (χ3v) is 2.94. The second-order valence-electron chi connectivity index (χ2n) is 3.80. The van der Waals surface area contributed by atoms with Gasteiger partial charge in [-0.2, -0.15) is 0 Å². The molecule has 1 atom stereocenters. The van der Waals surface area contributed by atoms with E-state index in [1.807, 2.05) is 0 Å². The van der Waals surface area contributed by atoms with Crippen LogP contribution in [0.25, 0.3) is 0 Å². The van der Waals surface area contributed by atoms with Gasteiger partial charge in [0.05, 0.1) is 0 Å². The summed E-state index contributed by atoms with van der Waals surface area (Å²) in [6, 6.07) is 4.55. The van der Waals surface area contributed by atoms with Gasteiger partial charge in [-0.1, -0.05) is 19.1 Å². The minimum absolute atomic E-state index is 0.176. The van der Waals surface area contributed by atoms with Crippen LogP contribution in [0.5, 0.6) is 0 Å². The molecule has 1 aliphatic rings. The lowest BCUT2D eigenvalue weighted by Crippen LogP contribution is -2.30. The minimum Gasteiger partial charge on any atom is -0.207 e. The molecule has 0 aromatic heterocycles. The van der Waals surface area contributed by atoms with Crippen LogP contribution in [0.3, 0.4) is 0 Å². The molecule has 0 saturated carbocycles. The van der Waals surface area contributed by atoms with E-state index in [2.05, 4.69) is 0 Å². The van der Waals surface area contributed by atoms with Gasteiger partial charge in [-0.05, 0) is 23.6 Å². The van der Waals surface area contributed by atoms with Gasteiger partial charge in [-0.15, -0.1) is 0 Å². The highest BCUT2D eigenvalue weighted by Crippen LogP contribution is 2.43. The summed E-state index contributed by atoms with van der Waals surface area (Å²) < 4.78 is 39.9. The van der Waals surface area contributed by atoms with Crippen molar-refractivity contribution in [1.29, 1.82) is 0 Å². The zero-order valence-electron chi connectivity index (χ0n) is 7.86. The van der Waals surface area contributed by atoms with Crippen LogP contribution >= 0.6 is 0 Å². The number of halogens is 3. The van der Waals surface area contributed by atoms with Crippen molar-refractivity contribution in [3.63, 3.8) is 0 Å². The molecular formula is C11H11F3. The molecule has 0 spiro atoms. The van der Waals surface area contributed by atoms with Crippen LogP contribution in [0, 0.1) is 5.82 Å². The summed E-state index contributed by atoms with van der Waals surface area (Å²) >= 11 is 0. The second-order valence-corrected chi connectivity index (χ2v) is 3.80. The van der Waals surface area contributed by atoms with Crippen LogP contribution in [0.1, 0.15) is 30.4 Å². The monoisotopic (exact) mass is 200 g/mol. The molecule has 1 aromatic carbocycles. The minimum atomic E-state index is -2.77. The smallest absolute Gasteiger partial charge is 0.207 e. The Morgan fingerprint density at radius 2 is 2.07 bits per heavy atom. The van der Waals surface area contributed by atoms with E-state index in [0.717, 1.165) is 5.56 Å². The number of benzene rings is 1. The molecule has 0 radical (unpaired) electrons. The van der Waals surface area contributed by atoms with Gasteiger partial charge in [0, 0.05) is 12.3 Å². The summed E-state index contributed by atoms with van der Waals surface area (Å²) in [5.41, 5.74) is 0.923. The van der Waals surface area contributed by atoms with Crippen LogP contribution in [0.2, 0.25) is 0 Å². The number of aryl methyl sites for hydroxylation is 1. The Balaban J connectivity index is 2.54. The highest BCUT2D eigenvalue weighted by molar-refractivity contribution is 5.35. The van der Waals surface area contributed by atoms with Gasteiger partial charge >= 0.3 is 0 Å². The Morgan fingerprint density at radius 3 is 2.79 bits per heavy atom. The van der Waals surface area contributed by atoms with Crippen LogP contribution in [0.15, 0.2) is 18.2 Å². The lowest BCUT2D eigenvalue weighted by atomic mass is 9.81. The average molecular weight is 200 g/mol. The maximum Gasteiger partial charge on any atom is 0.255 e. The number of hydrogen-bond donors (Lipinski definition) is 0. The zero-order valence-corrected chi connectivity index (χ0v) is 7.86. The first-order valence-electron chi connectivity index (χ1n) is 4.67. The van der Waals surface area contributed by atoms with Gasteiger partial charge in [0.2, 0.25) is 0 Å². The first kappa shape index (κ1) is 9.56. The Labute approximate surface area is 80.7 Å². The van der Waals surface area contributed by atoms with Gasteiger partial charge in [0.15, 0.2) is 0 Å². The molecule has 1 unspecified atom stereocenters. The molecule has 0 bridgehead atoms. The molecule has 0 saturated heterocycles. The molecule has 14 heavy (non-hydrogen) atoms. The summed E-state index contributed by atoms with van der Waals surface area (Å²) in [6.07, 6.45) is 0.0923. The molecule has 0 nitrogen and oxygen atoms in total. The molecule has 3 heteroatoms. The van der Waals surface area contributed by atoms with E-state index >= 15 is 0 Å². The van der Waals surface area contributed by atoms with Crippen molar-refractivity contribution in [2.75, 3.05) is 0 Å². The van der Waals surface area contributed by atoms with E-state index in [0.29, 0.717) is 0 Å². The van der Waals surface area contributed by atoms with E-state index in [1.54, 1.807) is 12.1 Å². The highest BCUT2D eigenvalue weighted by atomic mass is 19.3. The van der Waals surface area contributed by atoms with Gasteiger partial charge in [0.1, 0.15) is 5.82 Å². The highest BCUT2D eigenvalue weighted by Gasteiger charge is 2.42. The summed E-state index contributed by atoms with van der Waals surface area (Å²) in [5, 5.41) is 0. The Bertz CT molecular complexity index is 358. The normalized spacial score (nSPS) is 24.4. The van der Waals surface area contributed by atoms with Crippen molar-refractivity contribution in [2.45, 2.75) is 31.6 Å². The molecule has 0 aliphatic heterocycles. The quantitative estimate of drug-likeness (QED) is 0.601. The first-order chi connectivity index (χ1) is 6.52. The Hall–Kier alpha value is -0.990. The largest absolute Gasteiger partial charge is 0.255 e. The molecule has 0 amide bonds. The summed E-state index contributed by atoms with van der Waals surface area (Å²) in [4.78, 5) is 0. The van der Waals surface area contributed by atoms with Crippen LogP contribution in [0.4, 0.5) is 13.2 Å². The number of fused-ring (bicyclic) bond motifs is 1. The molecule has 2 rings (SSSR count). The van der Waals surface area contributed by atoms with E-state index in [-0.39, 0.29) is 18.4 Å². The lowest BCUT2D eigenvalue weighted by molar-refractivity contribution is -0.0371. The summed E-state index contributed by atoms with van der Waals surface area (Å²) in [5.74, 6) is -4.28. The lowest BCUT2D eigenvalue weighted by Gasteiger charge is -2.31. The topological polar surface area (TPSA) is 0 Å². The predicted octanol–water partition coefficient (Wildman–Crippen LogP) is 3.51. The van der Waals surface area contributed by atoms with E-state index in [1.165, 1.54) is 13.0 Å². The third kappa shape index (κ3) is 1.31. The van der Waals surface area contributed by atoms with Gasteiger partial charge < -0.3 is 0 Å². The molecule has 1 aliphatic carbocycles. The van der Waals surface area contributed by atoms with E-state index in [9.17, 15) is 13.2 Å². The molecule has 76 valence electrons. The average Bonchev–Trinajstić information content (AvgIpc) is 2.12. The molecule has 1 aromatic rings. The number of rotatable bonds is 0. The summed E-state index contributed by atoms with van der Waals surface area (Å²) in [6.45, 7) is 1.39. The fourth-order valence-electron chi connectivity index (χ4n) is 2.01. The van der Waals surface area contributed by atoms with Crippen LogP contribution in [-0.4, -0.2) is 5.92 Å². The molecule has 0 heterocycles. The Kier molecular flexibility index (Phi) is 2.05. The molecule has 0 fully saturated rings. The van der Waals surface area contributed by atoms with Crippen molar-refractivity contribution in [3.05, 3.63) is 35.1 Å². The van der Waals surface area contributed by atoms with Crippen LogP contribution < -0.4 is 0 Å². The van der Waals surface area contributed by atoms with Crippen molar-refractivity contribution in [1.82, 2.24) is 0 Å². The SMILES string of the molecule is CC1c2c(F)cccc2CCC1(F)F. The molecule has 0 N–H and O–H groups in total. The van der Waals surface area contributed by atoms with Crippen molar-refractivity contribution < 1.29 is 13.2 Å². The number of alkyl halides is 2. The maximum absolute atomic E-state index is 13.3. The van der Waals surface area contributed by atoms with Gasteiger partial charge in [-0.25, -0.2) is 13.2 Å². The van der Waals surface area contributed by atoms with E-state index in [4.69, 9.17) is 0 Å². The van der Waals surface area contributed by atoms with Crippen molar-refractivity contribution in [3.8, 4) is 0 Å². The standard InChI is InChI=1S/C11H11F3/c1-7-10-8(3-2-4-9(10)12)5-6-11(7,13)14/h2-4,7H,5-6H2,1H3. The fraction of sp³-hybridized carbons (Fsp3) is 0.455. The van der Waals surface area contributed by atoms with Gasteiger partial charge in [-0.3, -0.25) is 0 Å².